The van der Waals surface area contributed by atoms with Crippen LogP contribution in [0.5, 0.6) is 0 Å². The Labute approximate surface area is 52.0 Å². The zero-order valence-corrected chi connectivity index (χ0v) is 5.09. The molecule has 2 radical (unpaired) electrons. The molecule has 0 aromatic heterocycles. The summed E-state index contributed by atoms with van der Waals surface area (Å²) in [5.41, 5.74) is 0.586. The average Bonchev–Trinajstić information content (AvgIpc) is 1.66. The van der Waals surface area contributed by atoms with Gasteiger partial charge in [0, 0.05) is 0 Å². The molecule has 0 aromatic rings. The van der Waals surface area contributed by atoms with Gasteiger partial charge in [0.1, 0.15) is 7.85 Å². The van der Waals surface area contributed by atoms with E-state index in [-0.39, 0.29) is 0 Å². The molecule has 0 N–H and O–H groups in total. The number of rotatable bonds is 2. The molecule has 0 fully saturated rings. The summed E-state index contributed by atoms with van der Waals surface area (Å²) in [6.07, 6.45) is 7.43. The highest BCUT2D eigenvalue weighted by Crippen LogP contribution is 1.83. The van der Waals surface area contributed by atoms with Gasteiger partial charge in [0.25, 0.3) is 0 Å². The maximum Gasteiger partial charge on any atom is 0.112 e. The van der Waals surface area contributed by atoms with Crippen molar-refractivity contribution in [1.29, 1.82) is 0 Å². The Balaban J connectivity index is 3.50. The Morgan fingerprint density at radius 3 is 2.50 bits per heavy atom. The molecule has 0 bridgehead atoms. The van der Waals surface area contributed by atoms with Crippen molar-refractivity contribution in [2.45, 2.75) is 6.92 Å². The van der Waals surface area contributed by atoms with E-state index in [0.29, 0.717) is 5.47 Å². The molecule has 0 heterocycles. The van der Waals surface area contributed by atoms with Crippen LogP contribution in [0.4, 0.5) is 0 Å². The van der Waals surface area contributed by atoms with Gasteiger partial charge in [-0.1, -0.05) is 24.3 Å². The fourth-order valence-corrected chi connectivity index (χ4v) is 0.290. The lowest BCUT2D eigenvalue weighted by molar-refractivity contribution is 1.73. The van der Waals surface area contributed by atoms with E-state index >= 15 is 0 Å². The van der Waals surface area contributed by atoms with Gasteiger partial charge in [-0.3, -0.25) is 0 Å². The lowest BCUT2D eigenvalue weighted by Gasteiger charge is -1.78. The van der Waals surface area contributed by atoms with Crippen molar-refractivity contribution in [1.82, 2.24) is 0 Å². The van der Waals surface area contributed by atoms with Crippen molar-refractivity contribution in [3.63, 3.8) is 0 Å². The highest BCUT2D eigenvalue weighted by Gasteiger charge is 1.66. The maximum atomic E-state index is 5.22. The van der Waals surface area contributed by atoms with Crippen molar-refractivity contribution >= 4 is 7.85 Å². The molecule has 8 heavy (non-hydrogen) atoms. The summed E-state index contributed by atoms with van der Waals surface area (Å²) in [5, 5.41) is 0. The van der Waals surface area contributed by atoms with E-state index in [0.717, 1.165) is 0 Å². The second-order valence-electron chi connectivity index (χ2n) is 1.46. The summed E-state index contributed by atoms with van der Waals surface area (Å²) in [7, 11) is 5.22. The van der Waals surface area contributed by atoms with Crippen LogP contribution < -0.4 is 0 Å². The van der Waals surface area contributed by atoms with Gasteiger partial charge in [-0.05, 0) is 6.92 Å². The molecule has 0 nitrogen and oxygen atoms in total. The van der Waals surface area contributed by atoms with Gasteiger partial charge in [-0.15, -0.1) is 12.1 Å². The molecule has 0 unspecified atom stereocenters. The standard InChI is InChI=1S/C7H9B/c1-3-4-5-6-7(2)8/h3-6H,2H2,1H3/b4-3-,6-5-. The van der Waals surface area contributed by atoms with Crippen molar-refractivity contribution in [2.24, 2.45) is 0 Å². The predicted octanol–water partition coefficient (Wildman–Crippen LogP) is 1.80. The summed E-state index contributed by atoms with van der Waals surface area (Å²) in [6, 6.07) is 0. The molecule has 0 aliphatic carbocycles. The Morgan fingerprint density at radius 1 is 1.50 bits per heavy atom. The Bertz CT molecular complexity index is 120. The minimum Gasteiger partial charge on any atom is -0.106 e. The summed E-state index contributed by atoms with van der Waals surface area (Å²) < 4.78 is 0. The Kier molecular flexibility index (Phi) is 4.05. The van der Waals surface area contributed by atoms with Crippen molar-refractivity contribution in [3.8, 4) is 0 Å². The molecule has 0 atom stereocenters. The summed E-state index contributed by atoms with van der Waals surface area (Å²) in [4.78, 5) is 0. The van der Waals surface area contributed by atoms with Crippen LogP contribution in [-0.4, -0.2) is 7.85 Å². The van der Waals surface area contributed by atoms with Crippen LogP contribution in [-0.2, 0) is 0 Å². The quantitative estimate of drug-likeness (QED) is 0.370. The first-order chi connectivity index (χ1) is 3.77. The Morgan fingerprint density at radius 2 is 2.12 bits per heavy atom. The monoisotopic (exact) mass is 104 g/mol. The van der Waals surface area contributed by atoms with Gasteiger partial charge in [0.05, 0.1) is 0 Å². The normalized spacial score (nSPS) is 11.1. The summed E-state index contributed by atoms with van der Waals surface area (Å²) in [5.74, 6) is 0. The molecular weight excluding hydrogens is 94.9 g/mol. The van der Waals surface area contributed by atoms with Gasteiger partial charge in [-0.2, -0.15) is 0 Å². The average molecular weight is 104 g/mol. The third-order valence-electron chi connectivity index (χ3n) is 0.614. The maximum absolute atomic E-state index is 5.22. The predicted molar refractivity (Wildman–Crippen MR) is 38.8 cm³/mol. The van der Waals surface area contributed by atoms with Crippen LogP contribution in [0.25, 0.3) is 0 Å². The lowest BCUT2D eigenvalue weighted by Crippen LogP contribution is -1.65. The molecule has 0 saturated carbocycles. The van der Waals surface area contributed by atoms with E-state index in [1.54, 1.807) is 6.08 Å². The highest BCUT2D eigenvalue weighted by molar-refractivity contribution is 6.23. The van der Waals surface area contributed by atoms with E-state index in [9.17, 15) is 0 Å². The number of allylic oxidation sites excluding steroid dienone is 5. The smallest absolute Gasteiger partial charge is 0.106 e. The molecular formula is C7H9B. The molecule has 0 saturated heterocycles. The van der Waals surface area contributed by atoms with Crippen molar-refractivity contribution < 1.29 is 0 Å². The number of hydrogen-bond acceptors (Lipinski definition) is 0. The fraction of sp³-hybridized carbons (Fsp3) is 0.143. The van der Waals surface area contributed by atoms with Crippen LogP contribution in [0.3, 0.4) is 0 Å². The van der Waals surface area contributed by atoms with E-state index in [1.807, 2.05) is 25.2 Å². The van der Waals surface area contributed by atoms with Gasteiger partial charge in [-0.25, -0.2) is 0 Å². The van der Waals surface area contributed by atoms with Gasteiger partial charge in [0.15, 0.2) is 0 Å². The lowest BCUT2D eigenvalue weighted by atomic mass is 9.98. The van der Waals surface area contributed by atoms with Crippen molar-refractivity contribution in [3.05, 3.63) is 36.4 Å². The van der Waals surface area contributed by atoms with Crippen molar-refractivity contribution in [2.75, 3.05) is 0 Å². The third-order valence-corrected chi connectivity index (χ3v) is 0.614. The zero-order chi connectivity index (χ0) is 6.41. The van der Waals surface area contributed by atoms with E-state index in [4.69, 9.17) is 7.85 Å². The SMILES string of the molecule is [B]C(=C)/C=C\C=C/C. The molecule has 0 rings (SSSR count). The molecule has 0 aromatic carbocycles. The summed E-state index contributed by atoms with van der Waals surface area (Å²) >= 11 is 0. The molecule has 40 valence electrons. The highest BCUT2D eigenvalue weighted by atomic mass is 13.7. The summed E-state index contributed by atoms with van der Waals surface area (Å²) in [6.45, 7) is 5.43. The third kappa shape index (κ3) is 5.28. The second kappa shape index (κ2) is 4.44. The second-order valence-corrected chi connectivity index (χ2v) is 1.46. The first kappa shape index (κ1) is 7.28. The van der Waals surface area contributed by atoms with Crippen LogP contribution in [0.1, 0.15) is 6.92 Å². The minimum atomic E-state index is 0.586. The Hall–Kier alpha value is -0.715. The van der Waals surface area contributed by atoms with Gasteiger partial charge >= 0.3 is 0 Å². The topological polar surface area (TPSA) is 0 Å². The van der Waals surface area contributed by atoms with Crippen LogP contribution in [0, 0.1) is 0 Å². The molecule has 0 aliphatic rings. The molecule has 0 amide bonds. The van der Waals surface area contributed by atoms with Gasteiger partial charge in [0.2, 0.25) is 0 Å². The largest absolute Gasteiger partial charge is 0.112 e. The molecule has 0 spiro atoms. The van der Waals surface area contributed by atoms with Gasteiger partial charge < -0.3 is 0 Å². The molecule has 0 aliphatic heterocycles. The van der Waals surface area contributed by atoms with E-state index in [2.05, 4.69) is 6.58 Å². The van der Waals surface area contributed by atoms with Crippen LogP contribution in [0.2, 0.25) is 0 Å². The van der Waals surface area contributed by atoms with E-state index < -0.39 is 0 Å². The van der Waals surface area contributed by atoms with Crippen LogP contribution in [0.15, 0.2) is 36.4 Å². The zero-order valence-electron chi connectivity index (χ0n) is 5.09. The van der Waals surface area contributed by atoms with E-state index in [1.165, 1.54) is 0 Å². The molecule has 1 heteroatoms. The van der Waals surface area contributed by atoms with Crippen LogP contribution >= 0.6 is 0 Å². The number of hydrogen-bond donors (Lipinski definition) is 0. The minimum absolute atomic E-state index is 0.586. The fourth-order valence-electron chi connectivity index (χ4n) is 0.290. The first-order valence-corrected chi connectivity index (χ1v) is 2.51. The first-order valence-electron chi connectivity index (χ1n) is 2.51.